The zero-order valence-electron chi connectivity index (χ0n) is 15.4. The van der Waals surface area contributed by atoms with Gasteiger partial charge in [-0.2, -0.15) is 4.67 Å². The maximum atomic E-state index is 10.7. The van der Waals surface area contributed by atoms with Gasteiger partial charge in [0.2, 0.25) is 0 Å². The SMILES string of the molecule is CCCCCCCCCCCCC/C=C/C[C@@H](N)CO[PH](=O)OO. The van der Waals surface area contributed by atoms with Crippen LogP contribution in [0.25, 0.3) is 0 Å². The minimum Gasteiger partial charge on any atom is -0.325 e. The van der Waals surface area contributed by atoms with E-state index in [2.05, 4.69) is 17.7 Å². The molecule has 0 rings (SSSR count). The van der Waals surface area contributed by atoms with Gasteiger partial charge >= 0.3 is 8.25 Å². The third-order valence-electron chi connectivity index (χ3n) is 4.07. The average Bonchev–Trinajstić information content (AvgIpc) is 2.59. The molecule has 0 aromatic carbocycles. The van der Waals surface area contributed by atoms with Crippen LogP contribution in [0.3, 0.4) is 0 Å². The summed E-state index contributed by atoms with van der Waals surface area (Å²) >= 11 is 0. The molecule has 0 radical (unpaired) electrons. The first-order valence-electron chi connectivity index (χ1n) is 9.59. The standard InChI is InChI=1S/C18H38NO4P/c1-2-3-4-5-6-7-8-9-10-11-12-13-14-15-16-18(19)17-22-24(21)23-20/h14-15,18,20,24H,2-13,16-17,19H2,1H3/b15-14+/t18-/m1/s1. The largest absolute Gasteiger partial charge is 0.346 e. The molecule has 144 valence electrons. The first-order chi connectivity index (χ1) is 11.7. The monoisotopic (exact) mass is 363 g/mol. The van der Waals surface area contributed by atoms with Gasteiger partial charge in [0, 0.05) is 6.04 Å². The predicted octanol–water partition coefficient (Wildman–Crippen LogP) is 5.86. The number of rotatable bonds is 18. The second kappa shape index (κ2) is 19.1. The van der Waals surface area contributed by atoms with Crippen molar-refractivity contribution >= 4 is 8.25 Å². The van der Waals surface area contributed by atoms with Gasteiger partial charge in [0.05, 0.1) is 6.61 Å². The van der Waals surface area contributed by atoms with Gasteiger partial charge in [0.15, 0.2) is 0 Å². The summed E-state index contributed by atoms with van der Waals surface area (Å²) in [6.45, 7) is 2.39. The maximum Gasteiger partial charge on any atom is 0.346 e. The molecule has 0 aliphatic rings. The van der Waals surface area contributed by atoms with Gasteiger partial charge in [-0.1, -0.05) is 83.3 Å². The third-order valence-corrected chi connectivity index (χ3v) is 4.62. The fourth-order valence-electron chi connectivity index (χ4n) is 2.58. The first kappa shape index (κ1) is 23.8. The van der Waals surface area contributed by atoms with Crippen molar-refractivity contribution < 1.29 is 19.0 Å². The fraction of sp³-hybridized carbons (Fsp3) is 0.889. The molecule has 0 aromatic rings. The molecule has 5 nitrogen and oxygen atoms in total. The molecule has 0 bridgehead atoms. The van der Waals surface area contributed by atoms with E-state index in [4.69, 9.17) is 15.5 Å². The Hall–Kier alpha value is -0.190. The minimum atomic E-state index is -2.78. The van der Waals surface area contributed by atoms with Crippen LogP contribution in [0.4, 0.5) is 0 Å². The van der Waals surface area contributed by atoms with Gasteiger partial charge in [-0.15, -0.1) is 0 Å². The molecule has 0 heterocycles. The molecule has 3 N–H and O–H groups in total. The van der Waals surface area contributed by atoms with E-state index in [0.29, 0.717) is 6.42 Å². The predicted molar refractivity (Wildman–Crippen MR) is 101 cm³/mol. The van der Waals surface area contributed by atoms with Crippen LogP contribution in [0.5, 0.6) is 0 Å². The molecule has 0 saturated carbocycles. The van der Waals surface area contributed by atoms with Crippen molar-refractivity contribution in [3.63, 3.8) is 0 Å². The summed E-state index contributed by atoms with van der Waals surface area (Å²) in [6.07, 6.45) is 20.9. The molecule has 1 unspecified atom stereocenters. The van der Waals surface area contributed by atoms with E-state index in [9.17, 15) is 4.57 Å². The maximum absolute atomic E-state index is 10.7. The summed E-state index contributed by atoms with van der Waals surface area (Å²) in [5, 5.41) is 8.11. The third kappa shape index (κ3) is 18.2. The van der Waals surface area contributed by atoms with Crippen LogP contribution in [-0.4, -0.2) is 17.9 Å². The minimum absolute atomic E-state index is 0.126. The highest BCUT2D eigenvalue weighted by Gasteiger charge is 2.03. The molecule has 0 saturated heterocycles. The molecule has 24 heavy (non-hydrogen) atoms. The Kier molecular flexibility index (Phi) is 19.0. The van der Waals surface area contributed by atoms with Gasteiger partial charge in [0.25, 0.3) is 0 Å². The zero-order valence-corrected chi connectivity index (χ0v) is 16.4. The Balaban J connectivity index is 3.24. The lowest BCUT2D eigenvalue weighted by molar-refractivity contribution is -0.142. The zero-order chi connectivity index (χ0) is 17.9. The van der Waals surface area contributed by atoms with Gasteiger partial charge in [0.1, 0.15) is 0 Å². The van der Waals surface area contributed by atoms with E-state index in [1.807, 2.05) is 6.08 Å². The van der Waals surface area contributed by atoms with Crippen LogP contribution in [0, 0.1) is 0 Å². The van der Waals surface area contributed by atoms with Crippen molar-refractivity contribution in [1.29, 1.82) is 0 Å². The summed E-state index contributed by atoms with van der Waals surface area (Å²) in [5.74, 6) is 0. The Labute approximate surface area is 148 Å². The van der Waals surface area contributed by atoms with Gasteiger partial charge < -0.3 is 10.3 Å². The molecule has 0 fully saturated rings. The Morgan fingerprint density at radius 2 is 1.50 bits per heavy atom. The Bertz CT molecular complexity index is 313. The molecular formula is C18H38NO4P. The molecule has 0 aromatic heterocycles. The van der Waals surface area contributed by atoms with Crippen molar-refractivity contribution in [2.24, 2.45) is 5.73 Å². The van der Waals surface area contributed by atoms with E-state index >= 15 is 0 Å². The molecule has 0 amide bonds. The van der Waals surface area contributed by atoms with Crippen LogP contribution < -0.4 is 5.73 Å². The average molecular weight is 363 g/mol. The lowest BCUT2D eigenvalue weighted by atomic mass is 10.1. The molecule has 0 aliphatic heterocycles. The van der Waals surface area contributed by atoms with Crippen molar-refractivity contribution in [1.82, 2.24) is 0 Å². The van der Waals surface area contributed by atoms with E-state index < -0.39 is 8.25 Å². The fourth-order valence-corrected chi connectivity index (χ4v) is 2.99. The summed E-state index contributed by atoms with van der Waals surface area (Å²) < 4.78 is 19.1. The van der Waals surface area contributed by atoms with Crippen molar-refractivity contribution in [3.05, 3.63) is 12.2 Å². The number of hydrogen-bond donors (Lipinski definition) is 2. The highest BCUT2D eigenvalue weighted by Crippen LogP contribution is 2.21. The summed E-state index contributed by atoms with van der Waals surface area (Å²) in [6, 6.07) is -0.220. The number of hydrogen-bond acceptors (Lipinski definition) is 5. The second-order valence-electron chi connectivity index (χ2n) is 6.44. The number of unbranched alkanes of at least 4 members (excludes halogenated alkanes) is 11. The van der Waals surface area contributed by atoms with Gasteiger partial charge in [-0.05, 0) is 19.3 Å². The topological polar surface area (TPSA) is 81.8 Å². The molecule has 6 heteroatoms. The van der Waals surface area contributed by atoms with Crippen molar-refractivity contribution in [2.75, 3.05) is 6.61 Å². The van der Waals surface area contributed by atoms with Gasteiger partial charge in [-0.3, -0.25) is 4.57 Å². The van der Waals surface area contributed by atoms with Gasteiger partial charge in [-0.25, -0.2) is 5.26 Å². The van der Waals surface area contributed by atoms with E-state index in [1.165, 1.54) is 70.6 Å². The van der Waals surface area contributed by atoms with E-state index in [0.717, 1.165) is 6.42 Å². The molecule has 0 aliphatic carbocycles. The highest BCUT2D eigenvalue weighted by atomic mass is 31.1. The number of allylic oxidation sites excluding steroid dienone is 1. The van der Waals surface area contributed by atoms with Crippen LogP contribution in [0.1, 0.15) is 90.4 Å². The first-order valence-corrected chi connectivity index (χ1v) is 10.8. The van der Waals surface area contributed by atoms with Crippen LogP contribution in [0.15, 0.2) is 12.2 Å². The number of nitrogens with two attached hydrogens (primary N) is 1. The normalized spacial score (nSPS) is 14.3. The second-order valence-corrected chi connectivity index (χ2v) is 7.41. The smallest absolute Gasteiger partial charge is 0.325 e. The van der Waals surface area contributed by atoms with Crippen LogP contribution >= 0.6 is 8.25 Å². The summed E-state index contributed by atoms with van der Waals surface area (Å²) in [5.41, 5.74) is 5.79. The Morgan fingerprint density at radius 3 is 2.04 bits per heavy atom. The van der Waals surface area contributed by atoms with Crippen molar-refractivity contribution in [3.8, 4) is 0 Å². The molecular weight excluding hydrogens is 325 g/mol. The van der Waals surface area contributed by atoms with Crippen LogP contribution in [-0.2, 0) is 13.8 Å². The molecule has 0 spiro atoms. The summed E-state index contributed by atoms with van der Waals surface area (Å²) in [4.78, 5) is 0. The van der Waals surface area contributed by atoms with Crippen molar-refractivity contribution in [2.45, 2.75) is 96.4 Å². The lowest BCUT2D eigenvalue weighted by Gasteiger charge is -2.07. The van der Waals surface area contributed by atoms with Crippen LogP contribution in [0.2, 0.25) is 0 Å². The lowest BCUT2D eigenvalue weighted by Crippen LogP contribution is -2.24. The highest BCUT2D eigenvalue weighted by molar-refractivity contribution is 7.33. The van der Waals surface area contributed by atoms with E-state index in [1.54, 1.807) is 0 Å². The molecule has 2 atom stereocenters. The summed E-state index contributed by atoms with van der Waals surface area (Å²) in [7, 11) is -2.78. The van der Waals surface area contributed by atoms with E-state index in [-0.39, 0.29) is 12.6 Å². The Morgan fingerprint density at radius 1 is 0.958 bits per heavy atom. The quantitative estimate of drug-likeness (QED) is 0.105.